The lowest BCUT2D eigenvalue weighted by Crippen LogP contribution is -2.12. The Hall–Kier alpha value is -3.99. The Bertz CT molecular complexity index is 1010. The minimum atomic E-state index is 0.239. The number of anilines is 1. The molecule has 0 aliphatic carbocycles. The largest absolute Gasteiger partial charge is 0.404 e. The molecule has 0 heterocycles. The maximum Gasteiger partial charge on any atom is 0.185 e. The predicted molar refractivity (Wildman–Crippen MR) is 120 cm³/mol. The quantitative estimate of drug-likeness (QED) is 0.356. The lowest BCUT2D eigenvalue weighted by atomic mass is 10.1. The zero-order valence-corrected chi connectivity index (χ0v) is 15.9. The summed E-state index contributed by atoms with van der Waals surface area (Å²) in [6.07, 6.45) is 3.99. The summed E-state index contributed by atoms with van der Waals surface area (Å²) in [5.41, 5.74) is 10.1. The second-order valence-corrected chi connectivity index (χ2v) is 6.23. The van der Waals surface area contributed by atoms with E-state index in [4.69, 9.17) is 5.73 Å². The Morgan fingerprint density at radius 1 is 0.897 bits per heavy atom. The number of benzene rings is 3. The molecule has 0 atom stereocenters. The lowest BCUT2D eigenvalue weighted by Gasteiger charge is -2.05. The molecule has 5 heteroatoms. The van der Waals surface area contributed by atoms with Crippen molar-refractivity contribution in [1.29, 1.82) is 0 Å². The van der Waals surface area contributed by atoms with E-state index < -0.39 is 0 Å². The Labute approximate surface area is 170 Å². The van der Waals surface area contributed by atoms with Crippen molar-refractivity contribution in [2.24, 2.45) is 15.7 Å². The monoisotopic (exact) mass is 382 g/mol. The smallest absolute Gasteiger partial charge is 0.185 e. The number of hydrogen-bond acceptors (Lipinski definition) is 4. The maximum atomic E-state index is 11.3. The molecule has 29 heavy (non-hydrogen) atoms. The number of nitrogens with two attached hydrogens (primary N) is 1. The summed E-state index contributed by atoms with van der Waals surface area (Å²) in [6, 6.07) is 26.9. The van der Waals surface area contributed by atoms with Crippen LogP contribution in [0.1, 0.15) is 11.1 Å². The Balaban J connectivity index is 1.68. The van der Waals surface area contributed by atoms with Gasteiger partial charge in [0, 0.05) is 23.7 Å². The van der Waals surface area contributed by atoms with Gasteiger partial charge in [-0.2, -0.15) is 0 Å². The van der Waals surface area contributed by atoms with Crippen LogP contribution in [0.3, 0.4) is 0 Å². The Morgan fingerprint density at radius 3 is 2.17 bits per heavy atom. The number of amidine groups is 1. The maximum absolute atomic E-state index is 11.3. The highest BCUT2D eigenvalue weighted by Crippen LogP contribution is 2.18. The van der Waals surface area contributed by atoms with Crippen molar-refractivity contribution in [1.82, 2.24) is 0 Å². The zero-order chi connectivity index (χ0) is 20.3. The number of nitrogens with one attached hydrogen (secondary N) is 1. The minimum absolute atomic E-state index is 0.239. The van der Waals surface area contributed by atoms with Gasteiger partial charge in [0.25, 0.3) is 0 Å². The van der Waals surface area contributed by atoms with Crippen molar-refractivity contribution in [3.8, 4) is 0 Å². The van der Waals surface area contributed by atoms with E-state index in [0.717, 1.165) is 22.4 Å². The normalized spacial score (nSPS) is 12.1. The average Bonchev–Trinajstić information content (AvgIpc) is 2.78. The third kappa shape index (κ3) is 6.01. The highest BCUT2D eigenvalue weighted by atomic mass is 16.1. The number of aliphatic imine (C=N–C) groups is 2. The fourth-order valence-electron chi connectivity index (χ4n) is 2.67. The predicted octanol–water partition coefficient (Wildman–Crippen LogP) is 4.60. The zero-order valence-electron chi connectivity index (χ0n) is 15.9. The average molecular weight is 382 g/mol. The van der Waals surface area contributed by atoms with Crippen LogP contribution in [0, 0.1) is 0 Å². The van der Waals surface area contributed by atoms with Crippen molar-refractivity contribution in [2.75, 3.05) is 5.32 Å². The van der Waals surface area contributed by atoms with Crippen LogP contribution in [-0.2, 0) is 11.3 Å². The van der Waals surface area contributed by atoms with Crippen LogP contribution < -0.4 is 11.1 Å². The molecule has 3 rings (SSSR count). The molecule has 0 radical (unpaired) electrons. The number of hydrogen-bond donors (Lipinski definition) is 2. The Morgan fingerprint density at radius 2 is 1.55 bits per heavy atom. The second-order valence-electron chi connectivity index (χ2n) is 6.23. The van der Waals surface area contributed by atoms with Gasteiger partial charge in [-0.05, 0) is 35.4 Å². The standard InChI is InChI=1S/C24H22N4O/c25-15-21(17-26-16-19-7-3-1-4-8-19)20-11-13-23(14-12-20)28-24(18-29)27-22-9-5-2-6-10-22/h1-15,17-18H,16,25H2,(H,27,28). The molecule has 0 aromatic heterocycles. The van der Waals surface area contributed by atoms with Crippen molar-refractivity contribution in [3.63, 3.8) is 0 Å². The fraction of sp³-hybridized carbons (Fsp3) is 0.0417. The number of carbonyl (C=O) groups excluding carboxylic acids is 1. The summed E-state index contributed by atoms with van der Waals surface area (Å²) in [6.45, 7) is 0.592. The molecule has 3 aromatic carbocycles. The van der Waals surface area contributed by atoms with Crippen LogP contribution in [0.15, 0.2) is 101 Å². The first-order valence-electron chi connectivity index (χ1n) is 9.20. The first-order valence-corrected chi connectivity index (χ1v) is 9.20. The van der Waals surface area contributed by atoms with Gasteiger partial charge in [0.2, 0.25) is 0 Å². The van der Waals surface area contributed by atoms with Gasteiger partial charge >= 0.3 is 0 Å². The van der Waals surface area contributed by atoms with Crippen molar-refractivity contribution >= 4 is 35.3 Å². The fourth-order valence-corrected chi connectivity index (χ4v) is 2.67. The molecule has 0 fully saturated rings. The van der Waals surface area contributed by atoms with Crippen molar-refractivity contribution in [3.05, 3.63) is 102 Å². The molecule has 0 spiro atoms. The van der Waals surface area contributed by atoms with E-state index in [9.17, 15) is 4.79 Å². The van der Waals surface area contributed by atoms with Crippen molar-refractivity contribution < 1.29 is 4.79 Å². The van der Waals surface area contributed by atoms with E-state index >= 15 is 0 Å². The van der Waals surface area contributed by atoms with Gasteiger partial charge in [-0.3, -0.25) is 9.79 Å². The molecule has 144 valence electrons. The first-order chi connectivity index (χ1) is 14.3. The molecule has 0 amide bonds. The summed E-state index contributed by atoms with van der Waals surface area (Å²) >= 11 is 0. The molecule has 5 nitrogen and oxygen atoms in total. The number of carbonyl (C=O) groups is 1. The molecule has 0 saturated heterocycles. The van der Waals surface area contributed by atoms with Crippen LogP contribution >= 0.6 is 0 Å². The molecular weight excluding hydrogens is 360 g/mol. The molecule has 0 aliphatic rings. The van der Waals surface area contributed by atoms with E-state index in [0.29, 0.717) is 18.5 Å². The lowest BCUT2D eigenvalue weighted by molar-refractivity contribution is -0.102. The summed E-state index contributed by atoms with van der Waals surface area (Å²) in [5, 5.41) is 3.00. The number of nitrogens with zero attached hydrogens (tertiary/aromatic N) is 2. The number of aldehydes is 1. The number of rotatable bonds is 7. The third-order valence-electron chi connectivity index (χ3n) is 4.13. The summed E-state index contributed by atoms with van der Waals surface area (Å²) in [5.74, 6) is 0.239. The van der Waals surface area contributed by atoms with Gasteiger partial charge in [0.1, 0.15) is 0 Å². The third-order valence-corrected chi connectivity index (χ3v) is 4.13. The van der Waals surface area contributed by atoms with Gasteiger partial charge in [0.05, 0.1) is 12.2 Å². The molecule has 0 unspecified atom stereocenters. The van der Waals surface area contributed by atoms with Crippen LogP contribution in [0.4, 0.5) is 11.4 Å². The number of para-hydroxylation sites is 1. The van der Waals surface area contributed by atoms with Crippen LogP contribution in [0.25, 0.3) is 5.57 Å². The van der Waals surface area contributed by atoms with E-state index in [1.807, 2.05) is 84.9 Å². The first kappa shape index (κ1) is 19.8. The van der Waals surface area contributed by atoms with E-state index in [1.165, 1.54) is 6.20 Å². The van der Waals surface area contributed by atoms with Crippen LogP contribution in [-0.4, -0.2) is 18.3 Å². The number of allylic oxidation sites excluding steroid dienone is 1. The van der Waals surface area contributed by atoms with E-state index in [2.05, 4.69) is 15.3 Å². The van der Waals surface area contributed by atoms with Crippen LogP contribution in [0.5, 0.6) is 0 Å². The summed E-state index contributed by atoms with van der Waals surface area (Å²) in [7, 11) is 0. The molecule has 0 aliphatic heterocycles. The van der Waals surface area contributed by atoms with Gasteiger partial charge in [0.15, 0.2) is 12.1 Å². The second kappa shape index (κ2) is 10.4. The van der Waals surface area contributed by atoms with Gasteiger partial charge < -0.3 is 11.1 Å². The molecular formula is C24H22N4O. The van der Waals surface area contributed by atoms with Crippen molar-refractivity contribution in [2.45, 2.75) is 6.54 Å². The minimum Gasteiger partial charge on any atom is -0.404 e. The van der Waals surface area contributed by atoms with Crippen LogP contribution in [0.2, 0.25) is 0 Å². The topological polar surface area (TPSA) is 79.8 Å². The highest BCUT2D eigenvalue weighted by molar-refractivity contribution is 6.33. The van der Waals surface area contributed by atoms with E-state index in [1.54, 1.807) is 6.21 Å². The molecule has 3 aromatic rings. The van der Waals surface area contributed by atoms with Gasteiger partial charge in [-0.1, -0.05) is 60.7 Å². The highest BCUT2D eigenvalue weighted by Gasteiger charge is 2.02. The van der Waals surface area contributed by atoms with Gasteiger partial charge in [-0.25, -0.2) is 4.99 Å². The molecule has 0 saturated carbocycles. The van der Waals surface area contributed by atoms with E-state index in [-0.39, 0.29) is 5.84 Å². The van der Waals surface area contributed by atoms with Gasteiger partial charge in [-0.15, -0.1) is 0 Å². The molecule has 3 N–H and O–H groups in total. The Kier molecular flexibility index (Phi) is 7.07. The summed E-state index contributed by atoms with van der Waals surface area (Å²) < 4.78 is 0. The summed E-state index contributed by atoms with van der Waals surface area (Å²) in [4.78, 5) is 20.2. The SMILES string of the molecule is NC=C(C=NCc1ccccc1)c1ccc(N=C(C=O)Nc2ccccc2)cc1. The molecule has 0 bridgehead atoms.